The van der Waals surface area contributed by atoms with E-state index in [0.29, 0.717) is 18.2 Å². The molecule has 2 rings (SSSR count). The molecular formula is C14H18ClNO2. The van der Waals surface area contributed by atoms with Crippen LogP contribution in [-0.2, 0) is 4.74 Å². The molecular weight excluding hydrogens is 250 g/mol. The summed E-state index contributed by atoms with van der Waals surface area (Å²) in [5.74, 6) is 0.717. The molecule has 4 heteroatoms. The lowest BCUT2D eigenvalue weighted by Crippen LogP contribution is -2.44. The molecule has 0 saturated carbocycles. The number of halogens is 1. The van der Waals surface area contributed by atoms with Gasteiger partial charge in [0.25, 0.3) is 0 Å². The summed E-state index contributed by atoms with van der Waals surface area (Å²) in [6.45, 7) is 4.80. The van der Waals surface area contributed by atoms with E-state index in [-0.39, 0.29) is 5.41 Å². The van der Waals surface area contributed by atoms with Crippen LogP contribution < -0.4 is 10.5 Å². The molecule has 2 N–H and O–H groups in total. The Balaban J connectivity index is 1.98. The predicted molar refractivity (Wildman–Crippen MR) is 74.0 cm³/mol. The van der Waals surface area contributed by atoms with Gasteiger partial charge in [0.1, 0.15) is 5.75 Å². The molecule has 18 heavy (non-hydrogen) atoms. The Bertz CT molecular complexity index is 441. The average molecular weight is 268 g/mol. The monoisotopic (exact) mass is 267 g/mol. The van der Waals surface area contributed by atoms with E-state index in [0.717, 1.165) is 24.5 Å². The van der Waals surface area contributed by atoms with Crippen LogP contribution >= 0.6 is 11.6 Å². The lowest BCUT2D eigenvalue weighted by Gasteiger charge is -2.37. The van der Waals surface area contributed by atoms with Crippen LogP contribution in [0.4, 0.5) is 0 Å². The van der Waals surface area contributed by atoms with Crippen LogP contribution in [0.3, 0.4) is 0 Å². The summed E-state index contributed by atoms with van der Waals surface area (Å²) < 4.78 is 10.9. The molecule has 0 aromatic heterocycles. The van der Waals surface area contributed by atoms with Crippen LogP contribution in [0.2, 0.25) is 5.02 Å². The summed E-state index contributed by atoms with van der Waals surface area (Å²) in [5.41, 5.74) is 6.56. The van der Waals surface area contributed by atoms with Gasteiger partial charge < -0.3 is 15.2 Å². The minimum Gasteiger partial charge on any atom is -0.491 e. The fourth-order valence-electron chi connectivity index (χ4n) is 1.73. The summed E-state index contributed by atoms with van der Waals surface area (Å²) in [4.78, 5) is 0. The maximum Gasteiger partial charge on any atom is 0.137 e. The molecule has 0 atom stereocenters. The first-order chi connectivity index (χ1) is 8.63. The fraction of sp³-hybridized carbons (Fsp3) is 0.429. The summed E-state index contributed by atoms with van der Waals surface area (Å²) in [5, 5.41) is 0.623. The van der Waals surface area contributed by atoms with Gasteiger partial charge in [-0.25, -0.2) is 0 Å². The van der Waals surface area contributed by atoms with Crippen molar-refractivity contribution in [3.8, 4) is 5.75 Å². The molecule has 0 aliphatic carbocycles. The number of hydrogen-bond acceptors (Lipinski definition) is 3. The van der Waals surface area contributed by atoms with Crippen molar-refractivity contribution in [2.75, 3.05) is 26.4 Å². The lowest BCUT2D eigenvalue weighted by atomic mass is 9.90. The van der Waals surface area contributed by atoms with Crippen molar-refractivity contribution in [3.05, 3.63) is 34.9 Å². The molecule has 1 aromatic carbocycles. The fourth-order valence-corrected chi connectivity index (χ4v) is 1.97. The zero-order valence-electron chi connectivity index (χ0n) is 10.5. The molecule has 1 fully saturated rings. The Morgan fingerprint density at radius 1 is 1.50 bits per heavy atom. The zero-order valence-corrected chi connectivity index (χ0v) is 11.2. The number of ether oxygens (including phenoxy) is 2. The summed E-state index contributed by atoms with van der Waals surface area (Å²) in [6.07, 6.45) is 3.83. The Hall–Kier alpha value is -1.03. The molecule has 1 aliphatic rings. The van der Waals surface area contributed by atoms with Gasteiger partial charge in [0.2, 0.25) is 0 Å². The third-order valence-corrected chi connectivity index (χ3v) is 3.17. The second kappa shape index (κ2) is 5.74. The quantitative estimate of drug-likeness (QED) is 0.892. The molecule has 1 aromatic rings. The van der Waals surface area contributed by atoms with E-state index in [1.165, 1.54) is 0 Å². The number of benzene rings is 1. The Kier molecular flexibility index (Phi) is 4.27. The average Bonchev–Trinajstić information content (AvgIpc) is 2.33. The van der Waals surface area contributed by atoms with E-state index in [4.69, 9.17) is 26.8 Å². The smallest absolute Gasteiger partial charge is 0.137 e. The second-order valence-corrected chi connectivity index (χ2v) is 5.33. The summed E-state index contributed by atoms with van der Waals surface area (Å²) >= 11 is 6.18. The van der Waals surface area contributed by atoms with Gasteiger partial charge in [0, 0.05) is 12.0 Å². The molecule has 98 valence electrons. The maximum absolute atomic E-state index is 6.18. The number of rotatable bonds is 5. The highest BCUT2D eigenvalue weighted by Gasteiger charge is 2.34. The van der Waals surface area contributed by atoms with Crippen LogP contribution in [-0.4, -0.2) is 26.4 Å². The normalized spacial score (nSPS) is 17.7. The van der Waals surface area contributed by atoms with Crippen molar-refractivity contribution in [3.63, 3.8) is 0 Å². The Labute approximate surface area is 113 Å². The molecule has 3 nitrogen and oxygen atoms in total. The van der Waals surface area contributed by atoms with E-state index in [9.17, 15) is 0 Å². The highest BCUT2D eigenvalue weighted by molar-refractivity contribution is 6.32. The van der Waals surface area contributed by atoms with E-state index in [1.54, 1.807) is 0 Å². The third-order valence-electron chi connectivity index (χ3n) is 2.88. The van der Waals surface area contributed by atoms with Crippen LogP contribution in [0.15, 0.2) is 24.3 Å². The molecule has 0 bridgehead atoms. The molecule has 0 unspecified atom stereocenters. The van der Waals surface area contributed by atoms with Crippen molar-refractivity contribution < 1.29 is 9.47 Å². The maximum atomic E-state index is 6.18. The van der Waals surface area contributed by atoms with Gasteiger partial charge in [-0.1, -0.05) is 36.7 Å². The first kappa shape index (κ1) is 13.4. The first-order valence-corrected chi connectivity index (χ1v) is 6.37. The lowest BCUT2D eigenvalue weighted by molar-refractivity contribution is -0.120. The van der Waals surface area contributed by atoms with E-state index < -0.39 is 0 Å². The van der Waals surface area contributed by atoms with Gasteiger partial charge in [-0.15, -0.1) is 0 Å². The van der Waals surface area contributed by atoms with Crippen molar-refractivity contribution in [1.82, 2.24) is 0 Å². The van der Waals surface area contributed by atoms with Gasteiger partial charge in [-0.05, 0) is 17.7 Å². The SMILES string of the molecule is CC1(COc2ccc(/C=C/CN)cc2Cl)COC1. The molecule has 1 aliphatic heterocycles. The number of hydrogen-bond donors (Lipinski definition) is 1. The predicted octanol–water partition coefficient (Wildman–Crippen LogP) is 2.73. The zero-order chi connectivity index (χ0) is 13.0. The van der Waals surface area contributed by atoms with Crippen molar-refractivity contribution >= 4 is 17.7 Å². The van der Waals surface area contributed by atoms with Crippen LogP contribution in [0, 0.1) is 5.41 Å². The van der Waals surface area contributed by atoms with Crippen LogP contribution in [0.25, 0.3) is 6.08 Å². The topological polar surface area (TPSA) is 44.5 Å². The second-order valence-electron chi connectivity index (χ2n) is 4.92. The van der Waals surface area contributed by atoms with E-state index in [2.05, 4.69) is 6.92 Å². The van der Waals surface area contributed by atoms with Crippen molar-refractivity contribution in [2.45, 2.75) is 6.92 Å². The number of nitrogens with two attached hydrogens (primary N) is 1. The third kappa shape index (κ3) is 3.25. The van der Waals surface area contributed by atoms with Gasteiger partial charge in [0.05, 0.1) is 24.8 Å². The molecule has 1 heterocycles. The highest BCUT2D eigenvalue weighted by Crippen LogP contribution is 2.31. The van der Waals surface area contributed by atoms with Gasteiger partial charge >= 0.3 is 0 Å². The van der Waals surface area contributed by atoms with Crippen molar-refractivity contribution in [1.29, 1.82) is 0 Å². The highest BCUT2D eigenvalue weighted by atomic mass is 35.5. The van der Waals surface area contributed by atoms with Crippen LogP contribution in [0.1, 0.15) is 12.5 Å². The van der Waals surface area contributed by atoms with E-state index in [1.807, 2.05) is 30.4 Å². The molecule has 0 radical (unpaired) electrons. The van der Waals surface area contributed by atoms with Crippen molar-refractivity contribution in [2.24, 2.45) is 11.1 Å². The standard InChI is InChI=1S/C14H18ClNO2/c1-14(8-17-9-14)10-18-13-5-4-11(3-2-6-16)7-12(13)15/h2-5,7H,6,8-10,16H2,1H3/b3-2+. The molecule has 0 spiro atoms. The minimum absolute atomic E-state index is 0.126. The van der Waals surface area contributed by atoms with Gasteiger partial charge in [-0.2, -0.15) is 0 Å². The summed E-state index contributed by atoms with van der Waals surface area (Å²) in [7, 11) is 0. The summed E-state index contributed by atoms with van der Waals surface area (Å²) in [6, 6.07) is 5.73. The Morgan fingerprint density at radius 2 is 2.28 bits per heavy atom. The largest absolute Gasteiger partial charge is 0.491 e. The first-order valence-electron chi connectivity index (χ1n) is 6.00. The molecule has 1 saturated heterocycles. The van der Waals surface area contributed by atoms with Crippen LogP contribution in [0.5, 0.6) is 5.75 Å². The van der Waals surface area contributed by atoms with Gasteiger partial charge in [-0.3, -0.25) is 0 Å². The molecule has 0 amide bonds. The Morgan fingerprint density at radius 3 is 2.83 bits per heavy atom. The van der Waals surface area contributed by atoms with E-state index >= 15 is 0 Å². The van der Waals surface area contributed by atoms with Gasteiger partial charge in [0.15, 0.2) is 0 Å². The minimum atomic E-state index is 0.126.